The first-order valence-corrected chi connectivity index (χ1v) is 4.49. The summed E-state index contributed by atoms with van der Waals surface area (Å²) in [5.74, 6) is 0. The van der Waals surface area contributed by atoms with Crippen LogP contribution in [0.3, 0.4) is 0 Å². The third-order valence-electron chi connectivity index (χ3n) is 1.57. The lowest BCUT2D eigenvalue weighted by atomic mass is 10.3. The minimum Gasteiger partial charge on any atom is -0.440 e. The first-order valence-electron chi connectivity index (χ1n) is 4.49. The second kappa shape index (κ2) is 5.46. The predicted molar refractivity (Wildman–Crippen MR) is 45.3 cm³/mol. The summed E-state index contributed by atoms with van der Waals surface area (Å²) in [6.45, 7) is -1.09. The second-order valence-corrected chi connectivity index (χ2v) is 3.51. The van der Waals surface area contributed by atoms with Gasteiger partial charge in [-0.3, -0.25) is 4.90 Å². The molecule has 17 heavy (non-hydrogen) atoms. The fourth-order valence-electron chi connectivity index (χ4n) is 0.878. The molecule has 0 aromatic carbocycles. The van der Waals surface area contributed by atoms with Crippen LogP contribution >= 0.6 is 0 Å². The van der Waals surface area contributed by atoms with Gasteiger partial charge < -0.3 is 4.74 Å². The number of rotatable bonds is 3. The lowest BCUT2D eigenvalue weighted by molar-refractivity contribution is -0.169. The van der Waals surface area contributed by atoms with Crippen LogP contribution in [0.5, 0.6) is 0 Å². The van der Waals surface area contributed by atoms with Crippen molar-refractivity contribution in [3.63, 3.8) is 0 Å². The van der Waals surface area contributed by atoms with Crippen molar-refractivity contribution in [2.24, 2.45) is 0 Å². The molecule has 0 rings (SSSR count). The van der Waals surface area contributed by atoms with Gasteiger partial charge in [0.15, 0.2) is 6.61 Å². The van der Waals surface area contributed by atoms with E-state index in [0.717, 1.165) is 0 Å². The molecule has 0 saturated heterocycles. The number of nitrogens with zero attached hydrogens (tertiary/aromatic N) is 1. The molecule has 0 spiro atoms. The fraction of sp³-hybridized carbons (Fsp3) is 0.875. The standard InChI is InChI=1S/C8H11F6NO2/c1-5(2)15(3-7(9,10)11)6(16)17-4-8(12,13)14/h5H,3-4H2,1-2H3. The average Bonchev–Trinajstić information content (AvgIpc) is 2.07. The molecule has 0 N–H and O–H groups in total. The van der Waals surface area contributed by atoms with Crippen LogP contribution in [0.2, 0.25) is 0 Å². The number of amides is 1. The minimum absolute atomic E-state index is 0.172. The van der Waals surface area contributed by atoms with Gasteiger partial charge in [0.25, 0.3) is 0 Å². The smallest absolute Gasteiger partial charge is 0.422 e. The van der Waals surface area contributed by atoms with Gasteiger partial charge in [-0.15, -0.1) is 0 Å². The number of ether oxygens (including phenoxy) is 1. The van der Waals surface area contributed by atoms with E-state index in [9.17, 15) is 31.1 Å². The van der Waals surface area contributed by atoms with E-state index in [1.165, 1.54) is 13.8 Å². The molecule has 0 radical (unpaired) electrons. The first-order chi connectivity index (χ1) is 7.42. The van der Waals surface area contributed by atoms with E-state index < -0.39 is 37.6 Å². The topological polar surface area (TPSA) is 29.5 Å². The number of hydrogen-bond acceptors (Lipinski definition) is 2. The highest BCUT2D eigenvalue weighted by molar-refractivity contribution is 5.68. The Balaban J connectivity index is 4.47. The Hall–Kier alpha value is -1.15. The quantitative estimate of drug-likeness (QED) is 0.736. The van der Waals surface area contributed by atoms with Gasteiger partial charge in [-0.2, -0.15) is 26.3 Å². The summed E-state index contributed by atoms with van der Waals surface area (Å²) >= 11 is 0. The molecule has 0 fully saturated rings. The third kappa shape index (κ3) is 7.70. The van der Waals surface area contributed by atoms with Gasteiger partial charge in [-0.05, 0) is 13.8 Å². The number of carbonyl (C=O) groups excluding carboxylic acids is 1. The Labute approximate surface area is 93.3 Å². The van der Waals surface area contributed by atoms with Crippen molar-refractivity contribution >= 4 is 6.09 Å². The van der Waals surface area contributed by atoms with Crippen molar-refractivity contribution < 1.29 is 35.9 Å². The van der Waals surface area contributed by atoms with E-state index >= 15 is 0 Å². The first kappa shape index (κ1) is 15.9. The maximum atomic E-state index is 12.0. The van der Waals surface area contributed by atoms with Crippen molar-refractivity contribution in [2.75, 3.05) is 13.2 Å². The number of halogens is 6. The lowest BCUT2D eigenvalue weighted by Gasteiger charge is -2.26. The minimum atomic E-state index is -4.77. The molecule has 0 heterocycles. The van der Waals surface area contributed by atoms with Crippen molar-refractivity contribution in [1.29, 1.82) is 0 Å². The van der Waals surface area contributed by atoms with Crippen LogP contribution in [-0.4, -0.2) is 42.5 Å². The molecular weight excluding hydrogens is 256 g/mol. The molecule has 3 nitrogen and oxygen atoms in total. The van der Waals surface area contributed by atoms with Gasteiger partial charge in [0, 0.05) is 6.04 Å². The zero-order valence-electron chi connectivity index (χ0n) is 9.02. The molecule has 0 aliphatic heterocycles. The van der Waals surface area contributed by atoms with Crippen LogP contribution < -0.4 is 0 Å². The molecule has 0 aliphatic rings. The van der Waals surface area contributed by atoms with E-state index in [2.05, 4.69) is 4.74 Å². The Morgan fingerprint density at radius 1 is 1.12 bits per heavy atom. The van der Waals surface area contributed by atoms with Crippen molar-refractivity contribution in [2.45, 2.75) is 32.2 Å². The van der Waals surface area contributed by atoms with Crippen molar-refractivity contribution in [1.82, 2.24) is 4.90 Å². The molecule has 0 aromatic rings. The molecule has 9 heteroatoms. The molecule has 1 amide bonds. The van der Waals surface area contributed by atoms with Gasteiger partial charge in [-0.1, -0.05) is 0 Å². The Bertz CT molecular complexity index is 260. The van der Waals surface area contributed by atoms with Gasteiger partial charge in [-0.25, -0.2) is 4.79 Å². The molecule has 0 atom stereocenters. The maximum absolute atomic E-state index is 12.0. The van der Waals surface area contributed by atoms with Gasteiger partial charge in [0.1, 0.15) is 6.54 Å². The monoisotopic (exact) mass is 267 g/mol. The zero-order chi connectivity index (χ0) is 13.9. The predicted octanol–water partition coefficient (Wildman–Crippen LogP) is 2.96. The van der Waals surface area contributed by atoms with Crippen LogP contribution in [0, 0.1) is 0 Å². The summed E-state index contributed by atoms with van der Waals surface area (Å²) in [7, 11) is 0. The highest BCUT2D eigenvalue weighted by atomic mass is 19.4. The Morgan fingerprint density at radius 3 is 1.88 bits per heavy atom. The van der Waals surface area contributed by atoms with E-state index in [1.54, 1.807) is 0 Å². The molecule has 0 aliphatic carbocycles. The second-order valence-electron chi connectivity index (χ2n) is 3.51. The van der Waals surface area contributed by atoms with Gasteiger partial charge in [0.05, 0.1) is 0 Å². The average molecular weight is 267 g/mol. The Kier molecular flexibility index (Phi) is 5.09. The van der Waals surface area contributed by atoms with E-state index in [4.69, 9.17) is 0 Å². The molecule has 0 unspecified atom stereocenters. The van der Waals surface area contributed by atoms with Crippen LogP contribution in [0.1, 0.15) is 13.8 Å². The maximum Gasteiger partial charge on any atom is 0.422 e. The summed E-state index contributed by atoms with van der Waals surface area (Å²) in [6.07, 6.45) is -11.1. The van der Waals surface area contributed by atoms with Crippen LogP contribution in [0.25, 0.3) is 0 Å². The molecule has 0 aromatic heterocycles. The third-order valence-corrected chi connectivity index (χ3v) is 1.57. The molecular formula is C8H11F6NO2. The largest absolute Gasteiger partial charge is 0.440 e. The SMILES string of the molecule is CC(C)N(CC(F)(F)F)C(=O)OCC(F)(F)F. The summed E-state index contributed by atoms with van der Waals surface area (Å²) in [5.41, 5.74) is 0. The summed E-state index contributed by atoms with van der Waals surface area (Å²) in [5, 5.41) is 0. The number of hydrogen-bond donors (Lipinski definition) is 0. The summed E-state index contributed by atoms with van der Waals surface area (Å²) < 4.78 is 74.9. The van der Waals surface area contributed by atoms with Gasteiger partial charge >= 0.3 is 18.4 Å². The van der Waals surface area contributed by atoms with Gasteiger partial charge in [0.2, 0.25) is 0 Å². The summed E-state index contributed by atoms with van der Waals surface area (Å²) in [6, 6.07) is -0.919. The van der Waals surface area contributed by atoms with Crippen LogP contribution in [0.15, 0.2) is 0 Å². The highest BCUT2D eigenvalue weighted by Crippen LogP contribution is 2.20. The summed E-state index contributed by atoms with van der Waals surface area (Å²) in [4.78, 5) is 11.2. The van der Waals surface area contributed by atoms with Crippen molar-refractivity contribution in [3.05, 3.63) is 0 Å². The lowest BCUT2D eigenvalue weighted by Crippen LogP contribution is -2.44. The van der Waals surface area contributed by atoms with Crippen LogP contribution in [0.4, 0.5) is 31.1 Å². The van der Waals surface area contributed by atoms with E-state index in [-0.39, 0.29) is 4.90 Å². The fourth-order valence-corrected chi connectivity index (χ4v) is 0.878. The zero-order valence-corrected chi connectivity index (χ0v) is 9.02. The van der Waals surface area contributed by atoms with Crippen molar-refractivity contribution in [3.8, 4) is 0 Å². The van der Waals surface area contributed by atoms with E-state index in [0.29, 0.717) is 0 Å². The van der Waals surface area contributed by atoms with Crippen LogP contribution in [-0.2, 0) is 4.74 Å². The normalized spacial score (nSPS) is 12.8. The molecule has 0 bridgehead atoms. The number of carbonyl (C=O) groups is 1. The molecule has 102 valence electrons. The molecule has 0 saturated carbocycles. The Morgan fingerprint density at radius 2 is 1.59 bits per heavy atom. The van der Waals surface area contributed by atoms with E-state index in [1.807, 2.05) is 0 Å². The highest BCUT2D eigenvalue weighted by Gasteiger charge is 2.37. The number of alkyl halides is 6.